The summed E-state index contributed by atoms with van der Waals surface area (Å²) in [5, 5.41) is 3.40. The molecule has 1 saturated heterocycles. The normalized spacial score (nSPS) is 16.5. The van der Waals surface area contributed by atoms with Crippen LogP contribution < -0.4 is 5.32 Å². The lowest BCUT2D eigenvalue weighted by Crippen LogP contribution is -2.31. The van der Waals surface area contributed by atoms with E-state index < -0.39 is 0 Å². The minimum absolute atomic E-state index is 0.488. The van der Waals surface area contributed by atoms with Gasteiger partial charge < -0.3 is 19.5 Å². The number of furan rings is 1. The molecule has 4 nitrogen and oxygen atoms in total. The number of hydrogen-bond acceptors (Lipinski definition) is 4. The highest BCUT2D eigenvalue weighted by Gasteiger charge is 2.13. The molecule has 0 unspecified atom stereocenters. The van der Waals surface area contributed by atoms with Gasteiger partial charge in [-0.25, -0.2) is 0 Å². The Hall–Kier alpha value is -0.840. The summed E-state index contributed by atoms with van der Waals surface area (Å²) in [6.45, 7) is 13.1. The number of nitrogens with one attached hydrogen (secondary N) is 1. The van der Waals surface area contributed by atoms with E-state index in [0.29, 0.717) is 6.04 Å². The van der Waals surface area contributed by atoms with Gasteiger partial charge in [-0.1, -0.05) is 13.8 Å². The van der Waals surface area contributed by atoms with E-state index >= 15 is 0 Å². The second-order valence-corrected chi connectivity index (χ2v) is 6.62. The summed E-state index contributed by atoms with van der Waals surface area (Å²) in [6.07, 6.45) is 2.74. The van der Waals surface area contributed by atoms with Crippen LogP contribution in [0.3, 0.4) is 0 Å². The van der Waals surface area contributed by atoms with Crippen molar-refractivity contribution in [1.29, 1.82) is 0 Å². The molecule has 1 aromatic rings. The van der Waals surface area contributed by atoms with Crippen molar-refractivity contribution < 1.29 is 4.42 Å². The molecular weight excluding hydrogens is 262 g/mol. The Labute approximate surface area is 129 Å². The maximum absolute atomic E-state index is 5.84. The average molecular weight is 293 g/mol. The Balaban J connectivity index is 1.78. The first-order valence-electron chi connectivity index (χ1n) is 8.27. The average Bonchev–Trinajstić information content (AvgIpc) is 3.05. The Kier molecular flexibility index (Phi) is 6.27. The van der Waals surface area contributed by atoms with Crippen LogP contribution in [0.4, 0.5) is 0 Å². The third kappa shape index (κ3) is 5.46. The van der Waals surface area contributed by atoms with Gasteiger partial charge in [0.1, 0.15) is 11.5 Å². The topological polar surface area (TPSA) is 31.7 Å². The summed E-state index contributed by atoms with van der Waals surface area (Å²) in [5.41, 5.74) is 1.32. The van der Waals surface area contributed by atoms with Crippen LogP contribution in [0.5, 0.6) is 0 Å². The van der Waals surface area contributed by atoms with Gasteiger partial charge >= 0.3 is 0 Å². The van der Waals surface area contributed by atoms with Gasteiger partial charge in [-0.15, -0.1) is 0 Å². The van der Waals surface area contributed by atoms with E-state index in [1.807, 2.05) is 0 Å². The molecule has 1 fully saturated rings. The van der Waals surface area contributed by atoms with Gasteiger partial charge in [0.25, 0.3) is 0 Å². The van der Waals surface area contributed by atoms with Gasteiger partial charge in [0.2, 0.25) is 0 Å². The molecule has 120 valence electrons. The van der Waals surface area contributed by atoms with Gasteiger partial charge in [-0.2, -0.15) is 0 Å². The summed E-state index contributed by atoms with van der Waals surface area (Å²) in [5.74, 6) is 2.10. The monoisotopic (exact) mass is 293 g/mol. The summed E-state index contributed by atoms with van der Waals surface area (Å²) < 4.78 is 5.84. The SMILES string of the molecule is Cc1oc(CNC(C)C)cc1CN(C)CCN1CCCC1. The molecule has 1 N–H and O–H groups in total. The third-order valence-corrected chi connectivity index (χ3v) is 4.19. The Morgan fingerprint density at radius 3 is 2.71 bits per heavy atom. The molecule has 21 heavy (non-hydrogen) atoms. The van der Waals surface area contributed by atoms with Crippen LogP contribution in [0.15, 0.2) is 10.5 Å². The summed E-state index contributed by atoms with van der Waals surface area (Å²) in [6, 6.07) is 2.69. The number of aryl methyl sites for hydroxylation is 1. The van der Waals surface area contributed by atoms with E-state index in [9.17, 15) is 0 Å². The lowest BCUT2D eigenvalue weighted by Gasteiger charge is -2.20. The van der Waals surface area contributed by atoms with E-state index in [1.165, 1.54) is 38.0 Å². The fourth-order valence-corrected chi connectivity index (χ4v) is 2.82. The standard InChI is InChI=1S/C17H31N3O/c1-14(2)18-12-17-11-16(15(3)21-17)13-19(4)9-10-20-7-5-6-8-20/h11,14,18H,5-10,12-13H2,1-4H3. The minimum Gasteiger partial charge on any atom is -0.465 e. The van der Waals surface area contributed by atoms with Crippen LogP contribution in [0.2, 0.25) is 0 Å². The molecule has 2 heterocycles. The molecule has 0 amide bonds. The Bertz CT molecular complexity index is 422. The van der Waals surface area contributed by atoms with Gasteiger partial charge in [0, 0.05) is 31.2 Å². The van der Waals surface area contributed by atoms with Crippen LogP contribution in [0.25, 0.3) is 0 Å². The van der Waals surface area contributed by atoms with Crippen molar-refractivity contribution in [3.8, 4) is 0 Å². The number of likely N-dealkylation sites (N-methyl/N-ethyl adjacent to an activating group) is 1. The van der Waals surface area contributed by atoms with Gasteiger partial charge in [-0.05, 0) is 46.0 Å². The highest BCUT2D eigenvalue weighted by atomic mass is 16.3. The van der Waals surface area contributed by atoms with Gasteiger partial charge in [-0.3, -0.25) is 0 Å². The van der Waals surface area contributed by atoms with E-state index in [4.69, 9.17) is 4.42 Å². The molecule has 1 aromatic heterocycles. The second kappa shape index (κ2) is 7.97. The fourth-order valence-electron chi connectivity index (χ4n) is 2.82. The van der Waals surface area contributed by atoms with E-state index in [1.54, 1.807) is 0 Å². The first-order chi connectivity index (χ1) is 10.0. The third-order valence-electron chi connectivity index (χ3n) is 4.19. The molecule has 0 aromatic carbocycles. The van der Waals surface area contributed by atoms with Crippen LogP contribution in [-0.4, -0.2) is 49.1 Å². The molecule has 1 aliphatic rings. The first kappa shape index (κ1) is 16.5. The predicted octanol–water partition coefficient (Wildman–Crippen LogP) is 2.61. The van der Waals surface area contributed by atoms with Crippen molar-refractivity contribution in [2.45, 2.75) is 52.7 Å². The lowest BCUT2D eigenvalue weighted by atomic mass is 10.2. The molecule has 0 radical (unpaired) electrons. The summed E-state index contributed by atoms with van der Waals surface area (Å²) in [7, 11) is 2.20. The molecule has 4 heteroatoms. The van der Waals surface area contributed by atoms with Crippen LogP contribution in [0, 0.1) is 6.92 Å². The van der Waals surface area contributed by atoms with Crippen molar-refractivity contribution in [3.05, 3.63) is 23.2 Å². The van der Waals surface area contributed by atoms with E-state index in [0.717, 1.165) is 31.2 Å². The molecule has 0 bridgehead atoms. The quantitative estimate of drug-likeness (QED) is 0.798. The zero-order valence-electron chi connectivity index (χ0n) is 14.1. The molecule has 0 spiro atoms. The Morgan fingerprint density at radius 1 is 1.33 bits per heavy atom. The van der Waals surface area contributed by atoms with Crippen molar-refractivity contribution in [2.24, 2.45) is 0 Å². The van der Waals surface area contributed by atoms with Crippen molar-refractivity contribution in [3.63, 3.8) is 0 Å². The zero-order valence-corrected chi connectivity index (χ0v) is 14.1. The molecule has 1 aliphatic heterocycles. The Morgan fingerprint density at radius 2 is 2.05 bits per heavy atom. The van der Waals surface area contributed by atoms with Crippen LogP contribution >= 0.6 is 0 Å². The first-order valence-corrected chi connectivity index (χ1v) is 8.27. The molecular formula is C17H31N3O. The van der Waals surface area contributed by atoms with Crippen LogP contribution in [-0.2, 0) is 13.1 Å². The van der Waals surface area contributed by atoms with Gasteiger partial charge in [0.05, 0.1) is 6.54 Å². The van der Waals surface area contributed by atoms with Crippen molar-refractivity contribution in [2.75, 3.05) is 33.2 Å². The highest BCUT2D eigenvalue weighted by Crippen LogP contribution is 2.16. The number of likely N-dealkylation sites (tertiary alicyclic amines) is 1. The number of hydrogen-bond donors (Lipinski definition) is 1. The fraction of sp³-hybridized carbons (Fsp3) is 0.765. The summed E-state index contributed by atoms with van der Waals surface area (Å²) >= 11 is 0. The highest BCUT2D eigenvalue weighted by molar-refractivity contribution is 5.20. The van der Waals surface area contributed by atoms with E-state index in [2.05, 4.69) is 49.0 Å². The number of rotatable bonds is 8. The van der Waals surface area contributed by atoms with Gasteiger partial charge in [0.15, 0.2) is 0 Å². The lowest BCUT2D eigenvalue weighted by molar-refractivity contribution is 0.251. The zero-order chi connectivity index (χ0) is 15.2. The summed E-state index contributed by atoms with van der Waals surface area (Å²) in [4.78, 5) is 4.96. The van der Waals surface area contributed by atoms with Crippen LogP contribution in [0.1, 0.15) is 43.8 Å². The number of nitrogens with zero attached hydrogens (tertiary/aromatic N) is 2. The molecule has 2 rings (SSSR count). The molecule has 0 saturated carbocycles. The van der Waals surface area contributed by atoms with Crippen molar-refractivity contribution >= 4 is 0 Å². The molecule has 0 atom stereocenters. The van der Waals surface area contributed by atoms with E-state index in [-0.39, 0.29) is 0 Å². The van der Waals surface area contributed by atoms with Crippen molar-refractivity contribution in [1.82, 2.24) is 15.1 Å². The maximum Gasteiger partial charge on any atom is 0.118 e. The second-order valence-electron chi connectivity index (χ2n) is 6.62. The predicted molar refractivity (Wildman–Crippen MR) is 87.4 cm³/mol. The smallest absolute Gasteiger partial charge is 0.118 e. The largest absolute Gasteiger partial charge is 0.465 e. The minimum atomic E-state index is 0.488. The maximum atomic E-state index is 5.84. The molecule has 0 aliphatic carbocycles.